The largest absolute Gasteiger partial charge is 0.466 e. The number of hydrogen-bond acceptors (Lipinski definition) is 4. The first kappa shape index (κ1) is 16.9. The number of rotatable bonds is 8. The fourth-order valence-corrected chi connectivity index (χ4v) is 1.37. The highest BCUT2D eigenvalue weighted by Crippen LogP contribution is 2.02. The molecule has 0 heterocycles. The van der Waals surface area contributed by atoms with Crippen molar-refractivity contribution in [1.29, 1.82) is 0 Å². The summed E-state index contributed by atoms with van der Waals surface area (Å²) in [5.74, 6) is 0.206. The van der Waals surface area contributed by atoms with Crippen LogP contribution in [-0.4, -0.2) is 49.6 Å². The molecule has 0 saturated heterocycles. The predicted molar refractivity (Wildman–Crippen MR) is 71.2 cm³/mol. The first-order valence-electron chi connectivity index (χ1n) is 6.49. The Kier molecular flexibility index (Phi) is 8.37. The van der Waals surface area contributed by atoms with Gasteiger partial charge in [0, 0.05) is 12.6 Å². The first-order chi connectivity index (χ1) is 8.36. The van der Waals surface area contributed by atoms with E-state index in [4.69, 9.17) is 4.74 Å². The molecule has 0 spiro atoms. The molecule has 1 N–H and O–H groups in total. The molecule has 0 aliphatic heterocycles. The number of amides is 1. The minimum Gasteiger partial charge on any atom is -0.466 e. The van der Waals surface area contributed by atoms with Crippen LogP contribution in [-0.2, 0) is 14.3 Å². The molecule has 1 amide bonds. The second-order valence-corrected chi connectivity index (χ2v) is 4.97. The van der Waals surface area contributed by atoms with E-state index in [1.54, 1.807) is 6.92 Å². The van der Waals surface area contributed by atoms with Crippen LogP contribution in [0.3, 0.4) is 0 Å². The van der Waals surface area contributed by atoms with Crippen LogP contribution in [0.5, 0.6) is 0 Å². The maximum absolute atomic E-state index is 11.6. The van der Waals surface area contributed by atoms with Gasteiger partial charge in [-0.15, -0.1) is 0 Å². The fraction of sp³-hybridized carbons (Fsp3) is 0.846. The number of ether oxygens (including phenoxy) is 1. The van der Waals surface area contributed by atoms with Crippen LogP contribution in [0.4, 0.5) is 0 Å². The van der Waals surface area contributed by atoms with Crippen molar-refractivity contribution in [3.8, 4) is 0 Å². The van der Waals surface area contributed by atoms with E-state index in [-0.39, 0.29) is 17.9 Å². The number of nitrogens with zero attached hydrogens (tertiary/aromatic N) is 1. The predicted octanol–water partition coefficient (Wildman–Crippen LogP) is 1.03. The molecule has 18 heavy (non-hydrogen) atoms. The summed E-state index contributed by atoms with van der Waals surface area (Å²) < 4.78 is 4.88. The van der Waals surface area contributed by atoms with Gasteiger partial charge in [-0.25, -0.2) is 0 Å². The summed E-state index contributed by atoms with van der Waals surface area (Å²) in [6.07, 6.45) is 0.307. The van der Waals surface area contributed by atoms with Crippen LogP contribution >= 0.6 is 0 Å². The van der Waals surface area contributed by atoms with Gasteiger partial charge < -0.3 is 10.1 Å². The lowest BCUT2D eigenvalue weighted by Crippen LogP contribution is -2.41. The Hall–Kier alpha value is -1.10. The van der Waals surface area contributed by atoms with Gasteiger partial charge in [-0.3, -0.25) is 14.5 Å². The van der Waals surface area contributed by atoms with Crippen molar-refractivity contribution in [2.45, 2.75) is 40.2 Å². The zero-order valence-corrected chi connectivity index (χ0v) is 12.2. The molecule has 0 aliphatic rings. The normalized spacial score (nSPS) is 12.6. The molecule has 106 valence electrons. The Morgan fingerprint density at radius 2 is 1.89 bits per heavy atom. The lowest BCUT2D eigenvalue weighted by molar-refractivity contribution is -0.144. The molecule has 0 rings (SSSR count). The fourth-order valence-electron chi connectivity index (χ4n) is 1.37. The third-order valence-electron chi connectivity index (χ3n) is 2.62. The Balaban J connectivity index is 3.95. The third-order valence-corrected chi connectivity index (χ3v) is 2.62. The highest BCUT2D eigenvalue weighted by atomic mass is 16.5. The average Bonchev–Trinajstić information content (AvgIpc) is 2.26. The summed E-state index contributed by atoms with van der Waals surface area (Å²) in [5.41, 5.74) is 0. The number of likely N-dealkylation sites (N-methyl/N-ethyl adjacent to an activating group) is 1. The second kappa shape index (κ2) is 8.91. The molecule has 0 saturated carbocycles. The molecular formula is C13H26N2O3. The Bertz CT molecular complexity index is 267. The molecule has 1 unspecified atom stereocenters. The standard InChI is InChI=1S/C13H26N2O3/c1-6-18-13(17)7-11(4)15(5)9-12(16)14-8-10(2)3/h10-11H,6-9H2,1-5H3,(H,14,16). The lowest BCUT2D eigenvalue weighted by atomic mass is 10.2. The minimum absolute atomic E-state index is 0.00569. The van der Waals surface area contributed by atoms with Gasteiger partial charge >= 0.3 is 5.97 Å². The van der Waals surface area contributed by atoms with Crippen LogP contribution in [0.1, 0.15) is 34.1 Å². The Morgan fingerprint density at radius 1 is 1.28 bits per heavy atom. The van der Waals surface area contributed by atoms with Crippen molar-refractivity contribution in [2.24, 2.45) is 5.92 Å². The van der Waals surface area contributed by atoms with Crippen LogP contribution < -0.4 is 5.32 Å². The van der Waals surface area contributed by atoms with Crippen molar-refractivity contribution in [1.82, 2.24) is 10.2 Å². The summed E-state index contributed by atoms with van der Waals surface area (Å²) in [7, 11) is 1.83. The second-order valence-electron chi connectivity index (χ2n) is 4.97. The van der Waals surface area contributed by atoms with Crippen molar-refractivity contribution in [2.75, 3.05) is 26.7 Å². The van der Waals surface area contributed by atoms with E-state index in [9.17, 15) is 9.59 Å². The third kappa shape index (κ3) is 8.06. The highest BCUT2D eigenvalue weighted by molar-refractivity contribution is 5.78. The average molecular weight is 258 g/mol. The molecule has 0 aromatic heterocycles. The molecule has 0 aliphatic carbocycles. The molecule has 0 fully saturated rings. The molecule has 5 heteroatoms. The molecule has 1 atom stereocenters. The van der Waals surface area contributed by atoms with E-state index in [1.165, 1.54) is 0 Å². The number of carbonyl (C=O) groups excluding carboxylic acids is 2. The summed E-state index contributed by atoms with van der Waals surface area (Å²) in [4.78, 5) is 24.8. The van der Waals surface area contributed by atoms with Gasteiger partial charge in [0.2, 0.25) is 5.91 Å². The zero-order chi connectivity index (χ0) is 14.1. The molecule has 0 aromatic rings. The number of hydrogen-bond donors (Lipinski definition) is 1. The van der Waals surface area contributed by atoms with Crippen LogP contribution in [0, 0.1) is 5.92 Å². The van der Waals surface area contributed by atoms with E-state index in [1.807, 2.05) is 32.7 Å². The summed E-state index contributed by atoms with van der Waals surface area (Å²) in [6.45, 7) is 9.16. The molecule has 0 aromatic carbocycles. The van der Waals surface area contributed by atoms with Gasteiger partial charge in [-0.1, -0.05) is 13.8 Å². The topological polar surface area (TPSA) is 58.6 Å². The first-order valence-corrected chi connectivity index (χ1v) is 6.49. The van der Waals surface area contributed by atoms with Gasteiger partial charge in [0.25, 0.3) is 0 Å². The maximum atomic E-state index is 11.6. The van der Waals surface area contributed by atoms with Gasteiger partial charge in [-0.05, 0) is 26.8 Å². The molecule has 0 radical (unpaired) electrons. The highest BCUT2D eigenvalue weighted by Gasteiger charge is 2.16. The Morgan fingerprint density at radius 3 is 2.39 bits per heavy atom. The minimum atomic E-state index is -0.223. The monoisotopic (exact) mass is 258 g/mol. The van der Waals surface area contributed by atoms with E-state index < -0.39 is 0 Å². The van der Waals surface area contributed by atoms with Crippen molar-refractivity contribution < 1.29 is 14.3 Å². The Labute approximate surface area is 110 Å². The van der Waals surface area contributed by atoms with E-state index in [0.717, 1.165) is 0 Å². The van der Waals surface area contributed by atoms with Crippen molar-refractivity contribution >= 4 is 11.9 Å². The molecule has 0 bridgehead atoms. The quantitative estimate of drug-likeness (QED) is 0.661. The number of carbonyl (C=O) groups is 2. The summed E-state index contributed by atoms with van der Waals surface area (Å²) >= 11 is 0. The van der Waals surface area contributed by atoms with E-state index in [2.05, 4.69) is 5.32 Å². The van der Waals surface area contributed by atoms with Crippen LogP contribution in [0.15, 0.2) is 0 Å². The van der Waals surface area contributed by atoms with Gasteiger partial charge in [0.05, 0.1) is 19.6 Å². The summed E-state index contributed by atoms with van der Waals surface area (Å²) in [5, 5.41) is 2.85. The lowest BCUT2D eigenvalue weighted by Gasteiger charge is -2.23. The summed E-state index contributed by atoms with van der Waals surface area (Å²) in [6, 6.07) is -0.00569. The number of esters is 1. The van der Waals surface area contributed by atoms with Crippen molar-refractivity contribution in [3.63, 3.8) is 0 Å². The van der Waals surface area contributed by atoms with E-state index >= 15 is 0 Å². The SMILES string of the molecule is CCOC(=O)CC(C)N(C)CC(=O)NCC(C)C. The van der Waals surface area contributed by atoms with Crippen LogP contribution in [0.2, 0.25) is 0 Å². The smallest absolute Gasteiger partial charge is 0.307 e. The van der Waals surface area contributed by atoms with Gasteiger partial charge in [0.1, 0.15) is 0 Å². The number of nitrogens with one attached hydrogen (secondary N) is 1. The van der Waals surface area contributed by atoms with E-state index in [0.29, 0.717) is 32.0 Å². The van der Waals surface area contributed by atoms with Crippen molar-refractivity contribution in [3.05, 3.63) is 0 Å². The zero-order valence-electron chi connectivity index (χ0n) is 12.2. The molecule has 5 nitrogen and oxygen atoms in total. The van der Waals surface area contributed by atoms with Gasteiger partial charge in [0.15, 0.2) is 0 Å². The maximum Gasteiger partial charge on any atom is 0.307 e. The van der Waals surface area contributed by atoms with Gasteiger partial charge in [-0.2, -0.15) is 0 Å². The molecular weight excluding hydrogens is 232 g/mol. The van der Waals surface area contributed by atoms with Crippen LogP contribution in [0.25, 0.3) is 0 Å².